The van der Waals surface area contributed by atoms with Crippen molar-refractivity contribution >= 4 is 12.0 Å². The Kier molecular flexibility index (Phi) is 6.32. The number of fused-ring (bicyclic) bond motifs is 1. The van der Waals surface area contributed by atoms with Crippen LogP contribution in [0.5, 0.6) is 0 Å². The maximum absolute atomic E-state index is 13.2. The lowest BCUT2D eigenvalue weighted by molar-refractivity contribution is -0.147. The number of aliphatic hydroxyl groups is 1. The van der Waals surface area contributed by atoms with Crippen LogP contribution in [-0.2, 0) is 15.1 Å². The summed E-state index contributed by atoms with van der Waals surface area (Å²) >= 11 is 0. The summed E-state index contributed by atoms with van der Waals surface area (Å²) in [5, 5.41) is 14.6. The topological polar surface area (TPSA) is 78.9 Å². The zero-order chi connectivity index (χ0) is 21.1. The van der Waals surface area contributed by atoms with Crippen molar-refractivity contribution in [3.63, 3.8) is 0 Å². The Morgan fingerprint density at radius 3 is 2.47 bits per heavy atom. The quantitative estimate of drug-likeness (QED) is 0.640. The van der Waals surface area contributed by atoms with Crippen LogP contribution in [0.4, 0.5) is 4.79 Å². The lowest BCUT2D eigenvalue weighted by atomic mass is 9.79. The summed E-state index contributed by atoms with van der Waals surface area (Å²) in [6.07, 6.45) is 5.57. The van der Waals surface area contributed by atoms with Gasteiger partial charge in [0.2, 0.25) is 0 Å². The van der Waals surface area contributed by atoms with Crippen LogP contribution in [0.25, 0.3) is 0 Å². The third kappa shape index (κ3) is 4.07. The second kappa shape index (κ2) is 8.96. The smallest absolute Gasteiger partial charge is 0.409 e. The molecule has 3 unspecified atom stereocenters. The number of nitrogens with zero attached hydrogens (tertiary/aromatic N) is 1. The van der Waals surface area contributed by atoms with E-state index in [1.165, 1.54) is 0 Å². The number of likely N-dealkylation sites (tertiary alicyclic amines) is 1. The van der Waals surface area contributed by atoms with E-state index in [4.69, 9.17) is 4.74 Å². The van der Waals surface area contributed by atoms with Gasteiger partial charge in [-0.15, -0.1) is 0 Å². The number of hydrogen-bond acceptors (Lipinski definition) is 4. The van der Waals surface area contributed by atoms with Crippen LogP contribution in [0, 0.1) is 23.7 Å². The van der Waals surface area contributed by atoms with Gasteiger partial charge in [-0.2, -0.15) is 0 Å². The fourth-order valence-electron chi connectivity index (χ4n) is 5.43. The SMILES string of the molecule is CCCCOC(=O)N1CC2C(CNC(=O)C(O)(c3ccccc3)C3CCCC3)C2C1. The Balaban J connectivity index is 1.30. The number of nitrogens with one attached hydrogen (secondary N) is 1. The first kappa shape index (κ1) is 21.2. The number of hydrogen-bond donors (Lipinski definition) is 2. The Bertz CT molecular complexity index is 737. The van der Waals surface area contributed by atoms with E-state index < -0.39 is 5.60 Å². The lowest BCUT2D eigenvalue weighted by Crippen LogP contribution is -2.49. The van der Waals surface area contributed by atoms with Crippen LogP contribution in [0.15, 0.2) is 30.3 Å². The highest BCUT2D eigenvalue weighted by atomic mass is 16.6. The van der Waals surface area contributed by atoms with Crippen molar-refractivity contribution in [3.05, 3.63) is 35.9 Å². The number of carbonyl (C=O) groups excluding carboxylic acids is 2. The predicted molar refractivity (Wildman–Crippen MR) is 114 cm³/mol. The third-order valence-corrected chi connectivity index (χ3v) is 7.36. The van der Waals surface area contributed by atoms with E-state index in [1.807, 2.05) is 30.3 Å². The number of unbranched alkanes of at least 4 members (excludes halogenated alkanes) is 1. The maximum atomic E-state index is 13.2. The maximum Gasteiger partial charge on any atom is 0.409 e. The number of carbonyl (C=O) groups is 2. The highest BCUT2D eigenvalue weighted by molar-refractivity contribution is 5.86. The van der Waals surface area contributed by atoms with Crippen molar-refractivity contribution in [3.8, 4) is 0 Å². The molecule has 2 N–H and O–H groups in total. The first-order chi connectivity index (χ1) is 14.6. The van der Waals surface area contributed by atoms with E-state index in [0.29, 0.717) is 49.6 Å². The molecular weight excluding hydrogens is 380 g/mol. The fraction of sp³-hybridized carbons (Fsp3) is 0.667. The predicted octanol–water partition coefficient (Wildman–Crippen LogP) is 3.30. The minimum absolute atomic E-state index is 0.0352. The molecule has 1 aromatic rings. The molecule has 30 heavy (non-hydrogen) atoms. The Morgan fingerprint density at radius 2 is 1.83 bits per heavy atom. The molecule has 4 rings (SSSR count). The molecule has 2 amide bonds. The molecule has 2 saturated carbocycles. The Labute approximate surface area is 179 Å². The van der Waals surface area contributed by atoms with Crippen LogP contribution >= 0.6 is 0 Å². The fourth-order valence-corrected chi connectivity index (χ4v) is 5.43. The summed E-state index contributed by atoms with van der Waals surface area (Å²) < 4.78 is 5.30. The molecule has 3 atom stereocenters. The molecule has 3 fully saturated rings. The minimum atomic E-state index is -1.46. The van der Waals surface area contributed by atoms with Gasteiger partial charge in [-0.25, -0.2) is 4.79 Å². The molecular formula is C24H34N2O4. The highest BCUT2D eigenvalue weighted by Crippen LogP contribution is 2.51. The number of ether oxygens (including phenoxy) is 1. The van der Waals surface area contributed by atoms with E-state index in [1.54, 1.807) is 4.90 Å². The summed E-state index contributed by atoms with van der Waals surface area (Å²) in [4.78, 5) is 27.1. The van der Waals surface area contributed by atoms with Crippen LogP contribution < -0.4 is 5.32 Å². The molecule has 1 heterocycles. The zero-order valence-corrected chi connectivity index (χ0v) is 17.9. The van der Waals surface area contributed by atoms with Crippen LogP contribution in [0.3, 0.4) is 0 Å². The molecule has 3 aliphatic rings. The molecule has 0 bridgehead atoms. The van der Waals surface area contributed by atoms with Gasteiger partial charge in [-0.3, -0.25) is 4.79 Å². The molecule has 164 valence electrons. The summed E-state index contributed by atoms with van der Waals surface area (Å²) in [7, 11) is 0. The molecule has 1 saturated heterocycles. The van der Waals surface area contributed by atoms with E-state index in [9.17, 15) is 14.7 Å². The van der Waals surface area contributed by atoms with Gasteiger partial charge in [-0.05, 0) is 42.6 Å². The number of amides is 2. The Hall–Kier alpha value is -2.08. The number of benzene rings is 1. The van der Waals surface area contributed by atoms with Crippen LogP contribution in [0.1, 0.15) is 51.0 Å². The first-order valence-electron chi connectivity index (χ1n) is 11.5. The molecule has 2 aliphatic carbocycles. The van der Waals surface area contributed by atoms with Crippen molar-refractivity contribution in [2.75, 3.05) is 26.2 Å². The van der Waals surface area contributed by atoms with Gasteiger partial charge in [-0.1, -0.05) is 56.5 Å². The van der Waals surface area contributed by atoms with Gasteiger partial charge in [0.1, 0.15) is 0 Å². The normalized spacial score (nSPS) is 27.4. The third-order valence-electron chi connectivity index (χ3n) is 7.36. The second-order valence-corrected chi connectivity index (χ2v) is 9.19. The van der Waals surface area contributed by atoms with Crippen molar-refractivity contribution in [1.29, 1.82) is 0 Å². The summed E-state index contributed by atoms with van der Waals surface area (Å²) in [5.74, 6) is 0.936. The monoisotopic (exact) mass is 414 g/mol. The standard InChI is InChI=1S/C24H34N2O4/c1-2-3-13-30-23(28)26-15-20-19(21(20)16-26)14-25-22(27)24(29,18-11-7-8-12-18)17-9-5-4-6-10-17/h4-6,9-10,18-21,29H,2-3,7-8,11-16H2,1H3,(H,25,27). The van der Waals surface area contributed by atoms with Crippen LogP contribution in [0.2, 0.25) is 0 Å². The van der Waals surface area contributed by atoms with Gasteiger partial charge in [0.05, 0.1) is 6.61 Å². The van der Waals surface area contributed by atoms with Gasteiger partial charge in [0, 0.05) is 25.6 Å². The molecule has 0 spiro atoms. The lowest BCUT2D eigenvalue weighted by Gasteiger charge is -2.33. The summed E-state index contributed by atoms with van der Waals surface area (Å²) in [6.45, 7) is 4.54. The van der Waals surface area contributed by atoms with E-state index in [-0.39, 0.29) is 17.9 Å². The van der Waals surface area contributed by atoms with Gasteiger partial charge >= 0.3 is 6.09 Å². The molecule has 1 aromatic carbocycles. The van der Waals surface area contributed by atoms with Gasteiger partial charge < -0.3 is 20.1 Å². The number of rotatable bonds is 8. The number of piperidine rings is 1. The second-order valence-electron chi connectivity index (χ2n) is 9.19. The van der Waals surface area contributed by atoms with E-state index >= 15 is 0 Å². The highest BCUT2D eigenvalue weighted by Gasteiger charge is 2.57. The van der Waals surface area contributed by atoms with Gasteiger partial charge in [0.25, 0.3) is 5.91 Å². The van der Waals surface area contributed by atoms with E-state index in [2.05, 4.69) is 12.2 Å². The van der Waals surface area contributed by atoms with Crippen molar-refractivity contribution < 1.29 is 19.4 Å². The van der Waals surface area contributed by atoms with Crippen molar-refractivity contribution in [1.82, 2.24) is 10.2 Å². The van der Waals surface area contributed by atoms with Crippen molar-refractivity contribution in [2.45, 2.75) is 51.0 Å². The Morgan fingerprint density at radius 1 is 1.17 bits per heavy atom. The minimum Gasteiger partial charge on any atom is -0.449 e. The summed E-state index contributed by atoms with van der Waals surface area (Å²) in [5.41, 5.74) is -0.775. The van der Waals surface area contributed by atoms with Crippen molar-refractivity contribution in [2.24, 2.45) is 23.7 Å². The zero-order valence-electron chi connectivity index (χ0n) is 17.9. The summed E-state index contributed by atoms with van der Waals surface area (Å²) in [6, 6.07) is 9.36. The molecule has 1 aliphatic heterocycles. The molecule has 6 heteroatoms. The molecule has 0 aromatic heterocycles. The van der Waals surface area contributed by atoms with E-state index in [0.717, 1.165) is 38.5 Å². The van der Waals surface area contributed by atoms with Crippen LogP contribution in [-0.4, -0.2) is 48.2 Å². The average Bonchev–Trinajstić information content (AvgIpc) is 3.18. The van der Waals surface area contributed by atoms with Gasteiger partial charge in [0.15, 0.2) is 5.60 Å². The first-order valence-corrected chi connectivity index (χ1v) is 11.5. The molecule has 0 radical (unpaired) electrons. The largest absolute Gasteiger partial charge is 0.449 e. The molecule has 6 nitrogen and oxygen atoms in total. The average molecular weight is 415 g/mol.